The summed E-state index contributed by atoms with van der Waals surface area (Å²) in [6.07, 6.45) is 5.32. The molecular formula is C14H17N5. The van der Waals surface area contributed by atoms with Crippen LogP contribution in [0.25, 0.3) is 0 Å². The first kappa shape index (κ1) is 11.8. The molecule has 2 aromatic rings. The van der Waals surface area contributed by atoms with Gasteiger partial charge in [0.15, 0.2) is 0 Å². The Morgan fingerprint density at radius 1 is 1.11 bits per heavy atom. The molecule has 1 aromatic carbocycles. The number of nitrogen functional groups attached to an aromatic ring is 1. The van der Waals surface area contributed by atoms with Gasteiger partial charge in [-0.3, -0.25) is 0 Å². The van der Waals surface area contributed by atoms with Crippen molar-refractivity contribution in [2.24, 2.45) is 0 Å². The van der Waals surface area contributed by atoms with Crippen LogP contribution in [0, 0.1) is 0 Å². The average Bonchev–Trinajstić information content (AvgIpc) is 2.34. The predicted octanol–water partition coefficient (Wildman–Crippen LogP) is 2.77. The van der Waals surface area contributed by atoms with Gasteiger partial charge in [-0.1, -0.05) is 6.07 Å². The molecule has 5 heteroatoms. The van der Waals surface area contributed by atoms with E-state index in [1.165, 1.54) is 19.3 Å². The molecule has 1 fully saturated rings. The summed E-state index contributed by atoms with van der Waals surface area (Å²) in [6.45, 7) is 0. The minimum atomic E-state index is 0.565. The quantitative estimate of drug-likeness (QED) is 0.732. The van der Waals surface area contributed by atoms with Crippen LogP contribution in [0.2, 0.25) is 0 Å². The van der Waals surface area contributed by atoms with Gasteiger partial charge in [0.05, 0.1) is 0 Å². The van der Waals surface area contributed by atoms with Gasteiger partial charge in [-0.05, 0) is 37.5 Å². The first-order chi connectivity index (χ1) is 9.29. The van der Waals surface area contributed by atoms with Gasteiger partial charge in [-0.15, -0.1) is 0 Å². The van der Waals surface area contributed by atoms with E-state index in [1.54, 1.807) is 6.33 Å². The van der Waals surface area contributed by atoms with Crippen LogP contribution in [0.15, 0.2) is 36.7 Å². The molecule has 4 N–H and O–H groups in total. The fourth-order valence-electron chi connectivity index (χ4n) is 2.03. The summed E-state index contributed by atoms with van der Waals surface area (Å²) < 4.78 is 0. The summed E-state index contributed by atoms with van der Waals surface area (Å²) in [5.41, 5.74) is 7.40. The molecule has 0 bridgehead atoms. The van der Waals surface area contributed by atoms with E-state index >= 15 is 0 Å². The molecule has 0 unspecified atom stereocenters. The molecule has 1 aliphatic carbocycles. The molecule has 1 aromatic heterocycles. The Morgan fingerprint density at radius 3 is 2.68 bits per heavy atom. The Labute approximate surface area is 112 Å². The van der Waals surface area contributed by atoms with E-state index in [4.69, 9.17) is 5.73 Å². The van der Waals surface area contributed by atoms with Crippen LogP contribution in [0.4, 0.5) is 23.0 Å². The number of hydrogen-bond donors (Lipinski definition) is 3. The second-order valence-corrected chi connectivity index (χ2v) is 4.81. The molecule has 1 aliphatic rings. The van der Waals surface area contributed by atoms with Gasteiger partial charge in [-0.25, -0.2) is 9.97 Å². The maximum absolute atomic E-state index is 5.75. The fourth-order valence-corrected chi connectivity index (χ4v) is 2.03. The van der Waals surface area contributed by atoms with Crippen molar-refractivity contribution in [3.05, 3.63) is 36.7 Å². The molecule has 0 radical (unpaired) electrons. The lowest BCUT2D eigenvalue weighted by Crippen LogP contribution is -2.27. The lowest BCUT2D eigenvalue weighted by Gasteiger charge is -2.26. The van der Waals surface area contributed by atoms with E-state index in [9.17, 15) is 0 Å². The van der Waals surface area contributed by atoms with Crippen molar-refractivity contribution in [1.29, 1.82) is 0 Å². The minimum absolute atomic E-state index is 0.565. The Hall–Kier alpha value is -2.30. The monoisotopic (exact) mass is 255 g/mol. The van der Waals surface area contributed by atoms with Gasteiger partial charge in [0.25, 0.3) is 0 Å². The van der Waals surface area contributed by atoms with Crippen LogP contribution in [0.3, 0.4) is 0 Å². The number of benzene rings is 1. The van der Waals surface area contributed by atoms with Crippen LogP contribution in [0.5, 0.6) is 0 Å². The second-order valence-electron chi connectivity index (χ2n) is 4.81. The predicted molar refractivity (Wildman–Crippen MR) is 77.4 cm³/mol. The summed E-state index contributed by atoms with van der Waals surface area (Å²) in [7, 11) is 0. The molecule has 0 saturated heterocycles. The summed E-state index contributed by atoms with van der Waals surface area (Å²) >= 11 is 0. The molecule has 0 amide bonds. The SMILES string of the molecule is Nc1cccc(Nc2cc(NC3CCC3)ncn2)c1. The number of nitrogens with zero attached hydrogens (tertiary/aromatic N) is 2. The standard InChI is InChI=1S/C14H17N5/c15-10-3-1-6-12(7-10)19-14-8-13(16-9-17-14)18-11-4-2-5-11/h1,3,6-9,11H,2,4-5,15H2,(H2,16,17,18,19). The maximum atomic E-state index is 5.75. The molecular weight excluding hydrogens is 238 g/mol. The number of anilines is 4. The molecule has 1 saturated carbocycles. The van der Waals surface area contributed by atoms with Crippen LogP contribution in [-0.2, 0) is 0 Å². The van der Waals surface area contributed by atoms with E-state index in [1.807, 2.05) is 30.3 Å². The largest absolute Gasteiger partial charge is 0.399 e. The van der Waals surface area contributed by atoms with Crippen LogP contribution >= 0.6 is 0 Å². The van der Waals surface area contributed by atoms with Crippen molar-refractivity contribution in [2.75, 3.05) is 16.4 Å². The number of nitrogens with one attached hydrogen (secondary N) is 2. The Kier molecular flexibility index (Phi) is 3.18. The highest BCUT2D eigenvalue weighted by atomic mass is 15.1. The number of aromatic nitrogens is 2. The molecule has 5 nitrogen and oxygen atoms in total. The summed E-state index contributed by atoms with van der Waals surface area (Å²) in [6, 6.07) is 10.1. The molecule has 0 aliphatic heterocycles. The van der Waals surface area contributed by atoms with Gasteiger partial charge in [0.2, 0.25) is 0 Å². The van der Waals surface area contributed by atoms with Crippen molar-refractivity contribution < 1.29 is 0 Å². The molecule has 0 spiro atoms. The summed E-state index contributed by atoms with van der Waals surface area (Å²) in [5.74, 6) is 1.63. The van der Waals surface area contributed by atoms with Gasteiger partial charge in [0.1, 0.15) is 18.0 Å². The molecule has 98 valence electrons. The first-order valence-electron chi connectivity index (χ1n) is 6.51. The van der Waals surface area contributed by atoms with E-state index < -0.39 is 0 Å². The molecule has 3 rings (SSSR count). The van der Waals surface area contributed by atoms with Crippen molar-refractivity contribution in [3.8, 4) is 0 Å². The van der Waals surface area contributed by atoms with Crippen molar-refractivity contribution >= 4 is 23.0 Å². The highest BCUT2D eigenvalue weighted by molar-refractivity contribution is 5.62. The number of nitrogens with two attached hydrogens (primary N) is 1. The third-order valence-electron chi connectivity index (χ3n) is 3.28. The lowest BCUT2D eigenvalue weighted by atomic mass is 9.93. The first-order valence-corrected chi connectivity index (χ1v) is 6.51. The molecule has 19 heavy (non-hydrogen) atoms. The molecule has 1 heterocycles. The summed E-state index contributed by atoms with van der Waals surface area (Å²) in [5, 5.41) is 6.62. The van der Waals surface area contributed by atoms with Gasteiger partial charge in [-0.2, -0.15) is 0 Å². The van der Waals surface area contributed by atoms with Gasteiger partial charge in [0, 0.05) is 23.5 Å². The molecule has 0 atom stereocenters. The van der Waals surface area contributed by atoms with E-state index in [2.05, 4.69) is 20.6 Å². The average molecular weight is 255 g/mol. The lowest BCUT2D eigenvalue weighted by molar-refractivity contribution is 0.444. The highest BCUT2D eigenvalue weighted by Gasteiger charge is 2.17. The maximum Gasteiger partial charge on any atom is 0.135 e. The third-order valence-corrected chi connectivity index (χ3v) is 3.28. The van der Waals surface area contributed by atoms with Crippen LogP contribution < -0.4 is 16.4 Å². The van der Waals surface area contributed by atoms with Crippen molar-refractivity contribution in [1.82, 2.24) is 9.97 Å². The smallest absolute Gasteiger partial charge is 0.135 e. The summed E-state index contributed by atoms with van der Waals surface area (Å²) in [4.78, 5) is 8.45. The number of hydrogen-bond acceptors (Lipinski definition) is 5. The zero-order valence-electron chi connectivity index (χ0n) is 10.6. The zero-order valence-corrected chi connectivity index (χ0v) is 10.6. The van der Waals surface area contributed by atoms with Gasteiger partial charge >= 0.3 is 0 Å². The van der Waals surface area contributed by atoms with Crippen LogP contribution in [-0.4, -0.2) is 16.0 Å². The highest BCUT2D eigenvalue weighted by Crippen LogP contribution is 2.23. The zero-order chi connectivity index (χ0) is 13.1. The van der Waals surface area contributed by atoms with Crippen molar-refractivity contribution in [2.45, 2.75) is 25.3 Å². The van der Waals surface area contributed by atoms with Gasteiger partial charge < -0.3 is 16.4 Å². The van der Waals surface area contributed by atoms with Crippen molar-refractivity contribution in [3.63, 3.8) is 0 Å². The Morgan fingerprint density at radius 2 is 1.95 bits per heavy atom. The third kappa shape index (κ3) is 2.93. The Balaban J connectivity index is 1.71. The normalized spacial score (nSPS) is 14.7. The topological polar surface area (TPSA) is 75.9 Å². The van der Waals surface area contributed by atoms with E-state index in [-0.39, 0.29) is 0 Å². The van der Waals surface area contributed by atoms with E-state index in [0.717, 1.165) is 23.0 Å². The minimum Gasteiger partial charge on any atom is -0.399 e. The number of rotatable bonds is 4. The second kappa shape index (κ2) is 5.14. The van der Waals surface area contributed by atoms with E-state index in [0.29, 0.717) is 6.04 Å². The van der Waals surface area contributed by atoms with Crippen LogP contribution in [0.1, 0.15) is 19.3 Å². The Bertz CT molecular complexity index is 565. The fraction of sp³-hybridized carbons (Fsp3) is 0.286.